The second kappa shape index (κ2) is 5.76. The lowest BCUT2D eigenvalue weighted by molar-refractivity contribution is -0.119. The summed E-state index contributed by atoms with van der Waals surface area (Å²) in [5, 5.41) is 12.6. The zero-order chi connectivity index (χ0) is 14.1. The Labute approximate surface area is 123 Å². The lowest BCUT2D eigenvalue weighted by Gasteiger charge is -2.11. The summed E-state index contributed by atoms with van der Waals surface area (Å²) >= 11 is 1.52. The summed E-state index contributed by atoms with van der Waals surface area (Å²) in [6.45, 7) is 4.10. The molecule has 0 spiro atoms. The van der Waals surface area contributed by atoms with E-state index in [1.807, 2.05) is 6.92 Å². The second-order valence-electron chi connectivity index (χ2n) is 5.88. The normalized spacial score (nSPS) is 19.9. The maximum absolute atomic E-state index is 11.8. The number of hydrogen-bond donors (Lipinski definition) is 1. The number of nitrogens with one attached hydrogen (secondary N) is 1. The van der Waals surface area contributed by atoms with E-state index in [-0.39, 0.29) is 11.9 Å². The van der Waals surface area contributed by atoms with Gasteiger partial charge in [0.05, 0.1) is 5.75 Å². The molecule has 0 radical (unpaired) electrons. The Balaban J connectivity index is 1.61. The van der Waals surface area contributed by atoms with Gasteiger partial charge in [-0.1, -0.05) is 18.7 Å². The summed E-state index contributed by atoms with van der Waals surface area (Å²) in [5.41, 5.74) is 0. The van der Waals surface area contributed by atoms with Crippen LogP contribution in [0, 0.1) is 0 Å². The second-order valence-corrected chi connectivity index (χ2v) is 6.82. The van der Waals surface area contributed by atoms with Gasteiger partial charge in [-0.15, -0.1) is 10.2 Å². The van der Waals surface area contributed by atoms with Crippen molar-refractivity contribution in [1.82, 2.24) is 20.1 Å². The molecule has 1 N–H and O–H groups in total. The van der Waals surface area contributed by atoms with Gasteiger partial charge < -0.3 is 9.88 Å². The highest BCUT2D eigenvalue weighted by Gasteiger charge is 2.36. The molecule has 2 aliphatic rings. The van der Waals surface area contributed by atoms with E-state index in [2.05, 4.69) is 27.0 Å². The number of amides is 1. The van der Waals surface area contributed by atoms with Crippen LogP contribution in [0.15, 0.2) is 5.16 Å². The summed E-state index contributed by atoms with van der Waals surface area (Å²) < 4.78 is 2.29. The van der Waals surface area contributed by atoms with Crippen molar-refractivity contribution < 1.29 is 4.79 Å². The molecule has 0 unspecified atom stereocenters. The lowest BCUT2D eigenvalue weighted by Crippen LogP contribution is -2.33. The van der Waals surface area contributed by atoms with E-state index in [4.69, 9.17) is 0 Å². The number of aromatic nitrogens is 3. The molecular weight excluding hydrogens is 272 g/mol. The van der Waals surface area contributed by atoms with Gasteiger partial charge in [0.25, 0.3) is 0 Å². The number of nitrogens with zero attached hydrogens (tertiary/aromatic N) is 3. The fraction of sp³-hybridized carbons (Fsp3) is 0.786. The minimum atomic E-state index is 0.0858. The number of carbonyl (C=O) groups excluding carboxylic acids is 1. The minimum absolute atomic E-state index is 0.0858. The number of thioether (sulfide) groups is 1. The Morgan fingerprint density at radius 3 is 2.75 bits per heavy atom. The Morgan fingerprint density at radius 1 is 1.40 bits per heavy atom. The van der Waals surface area contributed by atoms with Crippen LogP contribution >= 0.6 is 11.8 Å². The first kappa shape index (κ1) is 13.9. The molecule has 0 saturated heterocycles. The molecule has 1 atom stereocenters. The van der Waals surface area contributed by atoms with Crippen LogP contribution in [0.5, 0.6) is 0 Å². The molecule has 20 heavy (non-hydrogen) atoms. The standard InChI is InChI=1S/C14H22N4OS/c1-3-9(2)15-12(19)8-20-14-17-16-13(10-4-5-10)18(14)11-6-7-11/h9-11H,3-8H2,1-2H3,(H,15,19)/t9-/m1/s1. The Morgan fingerprint density at radius 2 is 2.15 bits per heavy atom. The Kier molecular flexibility index (Phi) is 4.01. The summed E-state index contributed by atoms with van der Waals surface area (Å²) in [4.78, 5) is 11.8. The zero-order valence-electron chi connectivity index (χ0n) is 12.1. The van der Waals surface area contributed by atoms with E-state index < -0.39 is 0 Å². The minimum Gasteiger partial charge on any atom is -0.353 e. The molecule has 6 heteroatoms. The SMILES string of the molecule is CC[C@@H](C)NC(=O)CSc1nnc(C2CC2)n1C1CC1. The molecule has 1 aromatic heterocycles. The first-order chi connectivity index (χ1) is 9.69. The summed E-state index contributed by atoms with van der Waals surface area (Å²) in [5.74, 6) is 2.28. The van der Waals surface area contributed by atoms with Crippen LogP contribution < -0.4 is 5.32 Å². The van der Waals surface area contributed by atoms with E-state index >= 15 is 0 Å². The van der Waals surface area contributed by atoms with Gasteiger partial charge in [0.2, 0.25) is 5.91 Å². The van der Waals surface area contributed by atoms with Crippen molar-refractivity contribution in [3.05, 3.63) is 5.82 Å². The predicted octanol–water partition coefficient (Wildman–Crippen LogP) is 2.50. The molecule has 0 aromatic carbocycles. The van der Waals surface area contributed by atoms with Crippen LogP contribution in [0.25, 0.3) is 0 Å². The number of rotatable bonds is 7. The van der Waals surface area contributed by atoms with Crippen LogP contribution in [-0.2, 0) is 4.79 Å². The average Bonchev–Trinajstić information content (AvgIpc) is 3.35. The number of carbonyl (C=O) groups is 1. The van der Waals surface area contributed by atoms with Gasteiger partial charge in [-0.25, -0.2) is 0 Å². The highest BCUT2D eigenvalue weighted by molar-refractivity contribution is 7.99. The number of hydrogen-bond acceptors (Lipinski definition) is 4. The maximum atomic E-state index is 11.8. The smallest absolute Gasteiger partial charge is 0.230 e. The van der Waals surface area contributed by atoms with Crippen molar-refractivity contribution in [3.8, 4) is 0 Å². The molecule has 0 bridgehead atoms. The van der Waals surface area contributed by atoms with Gasteiger partial charge >= 0.3 is 0 Å². The van der Waals surface area contributed by atoms with Crippen LogP contribution in [-0.4, -0.2) is 32.5 Å². The summed E-state index contributed by atoms with van der Waals surface area (Å²) in [6.07, 6.45) is 5.89. The molecule has 2 aliphatic carbocycles. The molecule has 0 aliphatic heterocycles. The van der Waals surface area contributed by atoms with Crippen molar-refractivity contribution >= 4 is 17.7 Å². The highest BCUT2D eigenvalue weighted by Crippen LogP contribution is 2.45. The Hall–Kier alpha value is -1.04. The van der Waals surface area contributed by atoms with E-state index in [0.717, 1.165) is 17.4 Å². The zero-order valence-corrected chi connectivity index (χ0v) is 12.9. The van der Waals surface area contributed by atoms with Crippen LogP contribution in [0.1, 0.15) is 63.7 Å². The van der Waals surface area contributed by atoms with Crippen molar-refractivity contribution in [2.75, 3.05) is 5.75 Å². The fourth-order valence-corrected chi connectivity index (χ4v) is 3.06. The highest BCUT2D eigenvalue weighted by atomic mass is 32.2. The molecular formula is C14H22N4OS. The van der Waals surface area contributed by atoms with Crippen molar-refractivity contribution in [2.45, 2.75) is 69.1 Å². The molecule has 3 rings (SSSR count). The van der Waals surface area contributed by atoms with Gasteiger partial charge in [-0.3, -0.25) is 4.79 Å². The van der Waals surface area contributed by atoms with E-state index in [1.54, 1.807) is 0 Å². The van der Waals surface area contributed by atoms with Crippen molar-refractivity contribution in [2.24, 2.45) is 0 Å². The quantitative estimate of drug-likeness (QED) is 0.785. The molecule has 1 amide bonds. The maximum Gasteiger partial charge on any atom is 0.230 e. The largest absolute Gasteiger partial charge is 0.353 e. The molecule has 1 heterocycles. The van der Waals surface area contributed by atoms with Gasteiger partial charge in [0.15, 0.2) is 5.16 Å². The lowest BCUT2D eigenvalue weighted by atomic mass is 10.3. The third-order valence-electron chi connectivity index (χ3n) is 3.90. The van der Waals surface area contributed by atoms with Gasteiger partial charge in [0, 0.05) is 18.0 Å². The molecule has 2 saturated carbocycles. The van der Waals surface area contributed by atoms with Gasteiger partial charge in [0.1, 0.15) is 5.82 Å². The van der Waals surface area contributed by atoms with Crippen LogP contribution in [0.4, 0.5) is 0 Å². The molecule has 110 valence electrons. The Bertz CT molecular complexity index is 493. The topological polar surface area (TPSA) is 59.8 Å². The summed E-state index contributed by atoms with van der Waals surface area (Å²) in [6, 6.07) is 0.826. The molecule has 5 nitrogen and oxygen atoms in total. The van der Waals surface area contributed by atoms with Crippen molar-refractivity contribution in [1.29, 1.82) is 0 Å². The first-order valence-electron chi connectivity index (χ1n) is 7.56. The average molecular weight is 294 g/mol. The van der Waals surface area contributed by atoms with E-state index in [9.17, 15) is 4.79 Å². The monoisotopic (exact) mass is 294 g/mol. The van der Waals surface area contributed by atoms with E-state index in [0.29, 0.717) is 17.7 Å². The van der Waals surface area contributed by atoms with E-state index in [1.165, 1.54) is 37.4 Å². The van der Waals surface area contributed by atoms with Crippen LogP contribution in [0.3, 0.4) is 0 Å². The van der Waals surface area contributed by atoms with Gasteiger partial charge in [-0.05, 0) is 39.0 Å². The third kappa shape index (κ3) is 3.16. The first-order valence-corrected chi connectivity index (χ1v) is 8.54. The van der Waals surface area contributed by atoms with Gasteiger partial charge in [-0.2, -0.15) is 0 Å². The van der Waals surface area contributed by atoms with Crippen LogP contribution in [0.2, 0.25) is 0 Å². The predicted molar refractivity (Wildman–Crippen MR) is 78.9 cm³/mol. The third-order valence-corrected chi connectivity index (χ3v) is 4.84. The molecule has 1 aromatic rings. The molecule has 2 fully saturated rings. The fourth-order valence-electron chi connectivity index (χ4n) is 2.23. The summed E-state index contributed by atoms with van der Waals surface area (Å²) in [7, 11) is 0. The van der Waals surface area contributed by atoms with Crippen molar-refractivity contribution in [3.63, 3.8) is 0 Å².